The Hall–Kier alpha value is -3.01. The van der Waals surface area contributed by atoms with Gasteiger partial charge in [0.2, 0.25) is 16.0 Å². The maximum atomic E-state index is 11.6. The third kappa shape index (κ3) is 3.80. The fourth-order valence-electron chi connectivity index (χ4n) is 3.11. The first-order valence-electron chi connectivity index (χ1n) is 8.73. The molecule has 0 unspecified atom stereocenters. The summed E-state index contributed by atoms with van der Waals surface area (Å²) in [6, 6.07) is 9.85. The molecule has 10 heteroatoms. The minimum absolute atomic E-state index is 0.00631. The van der Waals surface area contributed by atoms with Gasteiger partial charge in [-0.1, -0.05) is 17.7 Å². The first-order chi connectivity index (χ1) is 13.9. The molecule has 4 rings (SSSR count). The van der Waals surface area contributed by atoms with Crippen molar-refractivity contribution in [3.8, 4) is 11.3 Å². The van der Waals surface area contributed by atoms with Crippen LogP contribution >= 0.6 is 11.6 Å². The molecule has 0 aliphatic carbocycles. The number of nitrogens with one attached hydrogen (secondary N) is 1. The number of sulfonamides is 1. The van der Waals surface area contributed by atoms with E-state index in [1.54, 1.807) is 30.6 Å². The Morgan fingerprint density at radius 2 is 1.97 bits per heavy atom. The van der Waals surface area contributed by atoms with E-state index in [4.69, 9.17) is 16.7 Å². The molecular formula is C19H17ClN6O2S. The third-order valence-electron chi connectivity index (χ3n) is 4.43. The van der Waals surface area contributed by atoms with Gasteiger partial charge in [0.1, 0.15) is 0 Å². The van der Waals surface area contributed by atoms with Crippen LogP contribution in [-0.2, 0) is 16.6 Å². The van der Waals surface area contributed by atoms with Crippen LogP contribution in [0, 0.1) is 0 Å². The second-order valence-electron chi connectivity index (χ2n) is 6.29. The zero-order valence-corrected chi connectivity index (χ0v) is 16.9. The van der Waals surface area contributed by atoms with Gasteiger partial charge in [-0.15, -0.1) is 0 Å². The maximum absolute atomic E-state index is 11.6. The number of aryl methyl sites for hydroxylation is 1. The Morgan fingerprint density at radius 1 is 1.17 bits per heavy atom. The molecule has 0 fully saturated rings. The molecule has 0 aliphatic heterocycles. The van der Waals surface area contributed by atoms with Gasteiger partial charge in [0.15, 0.2) is 5.15 Å². The molecule has 1 aromatic carbocycles. The summed E-state index contributed by atoms with van der Waals surface area (Å²) in [7, 11) is -3.80. The molecule has 0 saturated heterocycles. The number of fused-ring (bicyclic) bond motifs is 1. The molecule has 3 heterocycles. The van der Waals surface area contributed by atoms with Gasteiger partial charge in [0.05, 0.1) is 16.1 Å². The Kier molecular flexibility index (Phi) is 4.95. The highest BCUT2D eigenvalue weighted by Crippen LogP contribution is 2.33. The molecule has 0 radical (unpaired) electrons. The number of nitrogens with zero attached hydrogens (tertiary/aromatic N) is 4. The summed E-state index contributed by atoms with van der Waals surface area (Å²) in [6.45, 7) is 2.76. The minimum Gasteiger partial charge on any atom is -0.345 e. The normalized spacial score (nSPS) is 11.7. The smallest absolute Gasteiger partial charge is 0.238 e. The van der Waals surface area contributed by atoms with Crippen LogP contribution in [0.5, 0.6) is 0 Å². The molecule has 3 N–H and O–H groups in total. The molecule has 0 spiro atoms. The van der Waals surface area contributed by atoms with Gasteiger partial charge in [-0.05, 0) is 37.3 Å². The minimum atomic E-state index is -3.80. The van der Waals surface area contributed by atoms with Gasteiger partial charge >= 0.3 is 0 Å². The van der Waals surface area contributed by atoms with Crippen LogP contribution in [0.3, 0.4) is 0 Å². The highest BCUT2D eigenvalue weighted by atomic mass is 35.5. The molecule has 3 aromatic heterocycles. The average Bonchev–Trinajstić information content (AvgIpc) is 3.08. The third-order valence-corrected chi connectivity index (χ3v) is 5.62. The van der Waals surface area contributed by atoms with E-state index in [-0.39, 0.29) is 4.90 Å². The Bertz CT molecular complexity index is 1320. The fourth-order valence-corrected chi connectivity index (χ4v) is 3.94. The van der Waals surface area contributed by atoms with Crippen molar-refractivity contribution in [3.63, 3.8) is 0 Å². The Balaban J connectivity index is 1.74. The van der Waals surface area contributed by atoms with E-state index in [9.17, 15) is 8.42 Å². The number of rotatable bonds is 5. The van der Waals surface area contributed by atoms with Crippen molar-refractivity contribution in [1.82, 2.24) is 19.5 Å². The SMILES string of the molecule is CCn1cc(-c2ccnc(Nc3cccc(S(N)(=O)=O)c3)n2)c2ccnc(Cl)c21. The second kappa shape index (κ2) is 7.43. The summed E-state index contributed by atoms with van der Waals surface area (Å²) in [5.74, 6) is 0.326. The molecule has 0 amide bonds. The number of benzene rings is 1. The molecule has 4 aromatic rings. The number of hydrogen-bond donors (Lipinski definition) is 2. The van der Waals surface area contributed by atoms with Crippen molar-refractivity contribution in [1.29, 1.82) is 0 Å². The lowest BCUT2D eigenvalue weighted by Gasteiger charge is -2.07. The molecule has 29 heavy (non-hydrogen) atoms. The molecule has 0 atom stereocenters. The summed E-state index contributed by atoms with van der Waals surface area (Å²) in [4.78, 5) is 13.0. The summed E-state index contributed by atoms with van der Waals surface area (Å²) in [5.41, 5.74) is 2.96. The predicted octanol–water partition coefficient (Wildman–Crippen LogP) is 3.56. The highest BCUT2D eigenvalue weighted by Gasteiger charge is 2.15. The standard InChI is InChI=1S/C19H17ClN6O2S/c1-2-26-11-15(14-6-8-22-18(20)17(14)26)16-7-9-23-19(25-16)24-12-4-3-5-13(10-12)29(21,27)28/h3-11H,2H2,1H3,(H2,21,27,28)(H,23,24,25). The van der Waals surface area contributed by atoms with Crippen molar-refractivity contribution >= 4 is 44.2 Å². The van der Waals surface area contributed by atoms with Crippen LogP contribution in [0.2, 0.25) is 5.15 Å². The van der Waals surface area contributed by atoms with E-state index in [2.05, 4.69) is 20.3 Å². The fraction of sp³-hybridized carbons (Fsp3) is 0.105. The summed E-state index contributed by atoms with van der Waals surface area (Å²) in [6.07, 6.45) is 5.27. The number of anilines is 2. The topological polar surface area (TPSA) is 116 Å². The predicted molar refractivity (Wildman–Crippen MR) is 113 cm³/mol. The van der Waals surface area contributed by atoms with E-state index < -0.39 is 10.0 Å². The summed E-state index contributed by atoms with van der Waals surface area (Å²) >= 11 is 6.30. The number of aromatic nitrogens is 4. The zero-order valence-electron chi connectivity index (χ0n) is 15.4. The number of primary sulfonamides is 1. The molecule has 0 saturated carbocycles. The van der Waals surface area contributed by atoms with E-state index in [0.29, 0.717) is 22.5 Å². The lowest BCUT2D eigenvalue weighted by atomic mass is 10.1. The first kappa shape index (κ1) is 19.3. The lowest BCUT2D eigenvalue weighted by Crippen LogP contribution is -2.12. The van der Waals surface area contributed by atoms with E-state index in [1.807, 2.05) is 23.8 Å². The molecule has 0 bridgehead atoms. The van der Waals surface area contributed by atoms with Gasteiger partial charge in [0, 0.05) is 41.8 Å². The van der Waals surface area contributed by atoms with Gasteiger partial charge in [-0.3, -0.25) is 0 Å². The number of pyridine rings is 1. The van der Waals surface area contributed by atoms with Crippen molar-refractivity contribution < 1.29 is 8.42 Å². The van der Waals surface area contributed by atoms with Crippen molar-refractivity contribution in [2.24, 2.45) is 5.14 Å². The number of halogens is 1. The quantitative estimate of drug-likeness (QED) is 0.469. The number of nitrogens with two attached hydrogens (primary N) is 1. The highest BCUT2D eigenvalue weighted by molar-refractivity contribution is 7.89. The summed E-state index contributed by atoms with van der Waals surface area (Å²) in [5, 5.41) is 9.58. The van der Waals surface area contributed by atoms with Gasteiger partial charge < -0.3 is 9.88 Å². The monoisotopic (exact) mass is 428 g/mol. The van der Waals surface area contributed by atoms with E-state index >= 15 is 0 Å². The van der Waals surface area contributed by atoms with Crippen LogP contribution in [0.4, 0.5) is 11.6 Å². The van der Waals surface area contributed by atoms with Crippen LogP contribution < -0.4 is 10.5 Å². The van der Waals surface area contributed by atoms with Gasteiger partial charge in [0.25, 0.3) is 0 Å². The largest absolute Gasteiger partial charge is 0.345 e. The van der Waals surface area contributed by atoms with Crippen molar-refractivity contribution in [2.45, 2.75) is 18.4 Å². The zero-order chi connectivity index (χ0) is 20.6. The second-order valence-corrected chi connectivity index (χ2v) is 8.21. The van der Waals surface area contributed by atoms with E-state index in [1.165, 1.54) is 12.1 Å². The molecule has 148 valence electrons. The van der Waals surface area contributed by atoms with Gasteiger partial charge in [-0.25, -0.2) is 28.5 Å². The van der Waals surface area contributed by atoms with Crippen molar-refractivity contribution in [2.75, 3.05) is 5.32 Å². The molecule has 8 nitrogen and oxygen atoms in total. The van der Waals surface area contributed by atoms with Gasteiger partial charge in [-0.2, -0.15) is 0 Å². The number of hydrogen-bond acceptors (Lipinski definition) is 6. The van der Waals surface area contributed by atoms with Crippen molar-refractivity contribution in [3.05, 3.63) is 60.1 Å². The first-order valence-corrected chi connectivity index (χ1v) is 10.7. The van der Waals surface area contributed by atoms with Crippen LogP contribution in [0.15, 0.2) is 59.9 Å². The Labute approximate surface area is 172 Å². The Morgan fingerprint density at radius 3 is 2.72 bits per heavy atom. The maximum Gasteiger partial charge on any atom is 0.238 e. The average molecular weight is 429 g/mol. The van der Waals surface area contributed by atoms with Crippen LogP contribution in [0.1, 0.15) is 6.92 Å². The molecular weight excluding hydrogens is 412 g/mol. The van der Waals surface area contributed by atoms with E-state index in [0.717, 1.165) is 23.0 Å². The summed E-state index contributed by atoms with van der Waals surface area (Å²) < 4.78 is 25.1. The molecule has 0 aliphatic rings. The van der Waals surface area contributed by atoms with Crippen LogP contribution in [-0.4, -0.2) is 27.9 Å². The lowest BCUT2D eigenvalue weighted by molar-refractivity contribution is 0.598. The van der Waals surface area contributed by atoms with Crippen LogP contribution in [0.25, 0.3) is 22.2 Å².